The molecule has 2 unspecified atom stereocenters. The van der Waals surface area contributed by atoms with Gasteiger partial charge in [-0.1, -0.05) is 17.7 Å². The van der Waals surface area contributed by atoms with Crippen molar-refractivity contribution in [2.75, 3.05) is 0 Å². The quantitative estimate of drug-likeness (QED) is 0.278. The van der Waals surface area contributed by atoms with Crippen molar-refractivity contribution in [2.45, 2.75) is 10.2 Å². The number of hydrogen-bond donors (Lipinski definition) is 0. The Morgan fingerprint density at radius 3 is 2.23 bits per heavy atom. The third-order valence-corrected chi connectivity index (χ3v) is 3.96. The van der Waals surface area contributed by atoms with E-state index in [0.717, 1.165) is 17.2 Å². The van der Waals surface area contributed by atoms with E-state index < -0.39 is 0 Å². The zero-order chi connectivity index (χ0) is 15.4. The zero-order valence-electron chi connectivity index (χ0n) is 11.5. The highest BCUT2D eigenvalue weighted by atomic mass is 127. The van der Waals surface area contributed by atoms with Crippen LogP contribution in [0.3, 0.4) is 0 Å². The van der Waals surface area contributed by atoms with Crippen molar-refractivity contribution in [1.82, 2.24) is 0 Å². The third-order valence-electron chi connectivity index (χ3n) is 3.00. The number of halogens is 2. The van der Waals surface area contributed by atoms with E-state index in [1.165, 1.54) is 0 Å². The minimum atomic E-state index is -0.0492. The Morgan fingerprint density at radius 1 is 1.00 bits per heavy atom. The molecule has 0 saturated carbocycles. The van der Waals surface area contributed by atoms with Crippen molar-refractivity contribution in [2.24, 2.45) is 4.99 Å². The van der Waals surface area contributed by atoms with Gasteiger partial charge in [0.25, 0.3) is 0 Å². The lowest BCUT2D eigenvalue weighted by atomic mass is 10.3. The standard InChI is InChI=1S/C17H13ClINO2/c18-12-1-5-14(6-2-12)21-15-7-3-13(4-8-15)20-11-16-9-10-17(19)22-16/h1-11,16-17H. The molecule has 5 heteroatoms. The third kappa shape index (κ3) is 4.32. The van der Waals surface area contributed by atoms with Crippen molar-refractivity contribution >= 4 is 46.1 Å². The van der Waals surface area contributed by atoms with E-state index in [1.54, 1.807) is 18.3 Å². The van der Waals surface area contributed by atoms with Crippen molar-refractivity contribution in [1.29, 1.82) is 0 Å². The second-order valence-electron chi connectivity index (χ2n) is 4.66. The number of ether oxygens (including phenoxy) is 2. The summed E-state index contributed by atoms with van der Waals surface area (Å²) in [6.45, 7) is 0. The predicted octanol–water partition coefficient (Wildman–Crippen LogP) is 5.55. The average molecular weight is 426 g/mol. The molecule has 0 spiro atoms. The number of nitrogens with zero attached hydrogens (tertiary/aromatic N) is 1. The van der Waals surface area contributed by atoms with Gasteiger partial charge >= 0.3 is 0 Å². The first-order valence-electron chi connectivity index (χ1n) is 6.74. The molecule has 3 nitrogen and oxygen atoms in total. The Bertz CT molecular complexity index is 683. The van der Waals surface area contributed by atoms with Gasteiger partial charge in [-0.15, -0.1) is 0 Å². The Labute approximate surface area is 147 Å². The van der Waals surface area contributed by atoms with Gasteiger partial charge in [0, 0.05) is 11.2 Å². The van der Waals surface area contributed by atoms with E-state index in [2.05, 4.69) is 27.6 Å². The fraction of sp³-hybridized carbons (Fsp3) is 0.118. The van der Waals surface area contributed by atoms with Crippen LogP contribution in [0.5, 0.6) is 11.5 Å². The summed E-state index contributed by atoms with van der Waals surface area (Å²) in [5, 5.41) is 0.689. The van der Waals surface area contributed by atoms with E-state index in [4.69, 9.17) is 21.1 Å². The molecule has 3 rings (SSSR count). The summed E-state index contributed by atoms with van der Waals surface area (Å²) >= 11 is 8.07. The van der Waals surface area contributed by atoms with Gasteiger partial charge in [0.1, 0.15) is 21.7 Å². The summed E-state index contributed by atoms with van der Waals surface area (Å²) in [6.07, 6.45) is 5.76. The van der Waals surface area contributed by atoms with Crippen LogP contribution in [-0.4, -0.2) is 16.4 Å². The maximum atomic E-state index is 5.85. The Kier molecular flexibility index (Phi) is 5.12. The Balaban J connectivity index is 1.61. The Hall–Kier alpha value is -1.37. The van der Waals surface area contributed by atoms with Crippen molar-refractivity contribution in [3.05, 3.63) is 65.7 Å². The topological polar surface area (TPSA) is 30.8 Å². The van der Waals surface area contributed by atoms with Gasteiger partial charge in [-0.3, -0.25) is 4.99 Å². The van der Waals surface area contributed by atoms with E-state index in [9.17, 15) is 0 Å². The monoisotopic (exact) mass is 425 g/mol. The first-order valence-corrected chi connectivity index (χ1v) is 8.37. The molecule has 0 fully saturated rings. The normalized spacial score (nSPS) is 20.6. The molecule has 0 saturated heterocycles. The maximum absolute atomic E-state index is 5.85. The Morgan fingerprint density at radius 2 is 1.64 bits per heavy atom. The molecule has 1 heterocycles. The highest BCUT2D eigenvalue weighted by molar-refractivity contribution is 14.1. The van der Waals surface area contributed by atoms with Crippen LogP contribution in [0.4, 0.5) is 5.69 Å². The second kappa shape index (κ2) is 7.26. The van der Waals surface area contributed by atoms with E-state index in [-0.39, 0.29) is 10.2 Å². The fourth-order valence-electron chi connectivity index (χ4n) is 1.92. The largest absolute Gasteiger partial charge is 0.457 e. The lowest BCUT2D eigenvalue weighted by molar-refractivity contribution is 0.165. The highest BCUT2D eigenvalue weighted by Crippen LogP contribution is 2.25. The molecule has 2 aromatic rings. The van der Waals surface area contributed by atoms with Crippen LogP contribution in [0, 0.1) is 0 Å². The van der Waals surface area contributed by atoms with Crippen LogP contribution in [0.2, 0.25) is 5.02 Å². The SMILES string of the molecule is Clc1ccc(Oc2ccc(N=CC3C=CC(I)O3)cc2)cc1. The van der Waals surface area contributed by atoms with Crippen LogP contribution in [-0.2, 0) is 4.74 Å². The molecule has 0 radical (unpaired) electrons. The summed E-state index contributed by atoms with van der Waals surface area (Å²) in [5.41, 5.74) is 0.859. The van der Waals surface area contributed by atoms with Gasteiger partial charge in [-0.05, 0) is 77.2 Å². The summed E-state index contributed by atoms with van der Waals surface area (Å²) in [7, 11) is 0. The highest BCUT2D eigenvalue weighted by Gasteiger charge is 2.13. The minimum absolute atomic E-state index is 0.0492. The van der Waals surface area contributed by atoms with E-state index >= 15 is 0 Å². The van der Waals surface area contributed by atoms with Crippen molar-refractivity contribution < 1.29 is 9.47 Å². The van der Waals surface area contributed by atoms with Gasteiger partial charge < -0.3 is 9.47 Å². The molecule has 0 amide bonds. The minimum Gasteiger partial charge on any atom is -0.457 e. The van der Waals surface area contributed by atoms with Crippen LogP contribution in [0.15, 0.2) is 65.7 Å². The van der Waals surface area contributed by atoms with Crippen LogP contribution < -0.4 is 4.74 Å². The summed E-state index contributed by atoms with van der Waals surface area (Å²) in [6, 6.07) is 14.8. The molecular formula is C17H13ClINO2. The molecule has 2 atom stereocenters. The molecule has 0 bridgehead atoms. The molecule has 0 N–H and O–H groups in total. The van der Waals surface area contributed by atoms with Crippen LogP contribution in [0.25, 0.3) is 0 Å². The number of alkyl halides is 1. The molecular weight excluding hydrogens is 413 g/mol. The van der Waals surface area contributed by atoms with Gasteiger partial charge in [-0.25, -0.2) is 0 Å². The molecule has 112 valence electrons. The van der Waals surface area contributed by atoms with Crippen LogP contribution >= 0.6 is 34.2 Å². The number of benzene rings is 2. The zero-order valence-corrected chi connectivity index (χ0v) is 14.4. The van der Waals surface area contributed by atoms with Crippen molar-refractivity contribution in [3.8, 4) is 11.5 Å². The summed E-state index contributed by atoms with van der Waals surface area (Å²) < 4.78 is 11.4. The van der Waals surface area contributed by atoms with Gasteiger partial charge in [0.2, 0.25) is 0 Å². The molecule has 22 heavy (non-hydrogen) atoms. The summed E-state index contributed by atoms with van der Waals surface area (Å²) in [4.78, 5) is 4.40. The lowest BCUT2D eigenvalue weighted by Crippen LogP contribution is -2.08. The number of aliphatic imine (C=N–C) groups is 1. The second-order valence-corrected chi connectivity index (χ2v) is 6.33. The number of hydrogen-bond acceptors (Lipinski definition) is 3. The van der Waals surface area contributed by atoms with Gasteiger partial charge in [0.05, 0.1) is 5.69 Å². The molecule has 1 aliphatic rings. The van der Waals surface area contributed by atoms with E-state index in [0.29, 0.717) is 5.02 Å². The van der Waals surface area contributed by atoms with Crippen molar-refractivity contribution in [3.63, 3.8) is 0 Å². The maximum Gasteiger partial charge on any atom is 0.128 e. The van der Waals surface area contributed by atoms with E-state index in [1.807, 2.05) is 48.6 Å². The molecule has 1 aliphatic heterocycles. The summed E-state index contributed by atoms with van der Waals surface area (Å²) in [5.74, 6) is 1.50. The molecule has 2 aromatic carbocycles. The fourth-order valence-corrected chi connectivity index (χ4v) is 2.63. The number of rotatable bonds is 4. The van der Waals surface area contributed by atoms with Crippen LogP contribution in [0.1, 0.15) is 0 Å². The lowest BCUT2D eigenvalue weighted by Gasteiger charge is -2.06. The first kappa shape index (κ1) is 15.5. The average Bonchev–Trinajstić information content (AvgIpc) is 2.94. The van der Waals surface area contributed by atoms with Gasteiger partial charge in [0.15, 0.2) is 0 Å². The van der Waals surface area contributed by atoms with Gasteiger partial charge in [-0.2, -0.15) is 0 Å². The smallest absolute Gasteiger partial charge is 0.128 e. The predicted molar refractivity (Wildman–Crippen MR) is 97.9 cm³/mol. The first-order chi connectivity index (χ1) is 10.7. The molecule has 0 aliphatic carbocycles. The molecule has 0 aromatic heterocycles.